The maximum Gasteiger partial charge on any atom is 0.246 e. The molecule has 0 fully saturated rings. The van der Waals surface area contributed by atoms with Crippen LogP contribution in [0.1, 0.15) is 44.0 Å². The van der Waals surface area contributed by atoms with Crippen LogP contribution >= 0.6 is 11.3 Å². The number of anilines is 1. The first kappa shape index (κ1) is 19.7. The molecule has 1 N–H and O–H groups in total. The van der Waals surface area contributed by atoms with Gasteiger partial charge in [-0.15, -0.1) is 21.5 Å². The summed E-state index contributed by atoms with van der Waals surface area (Å²) in [4.78, 5) is 16.6. The zero-order valence-corrected chi connectivity index (χ0v) is 16.6. The number of carbonyl (C=O) groups is 1. The van der Waals surface area contributed by atoms with E-state index in [0.29, 0.717) is 5.13 Å². The molecule has 1 amide bonds. The second kappa shape index (κ2) is 9.76. The lowest BCUT2D eigenvalue weighted by Gasteiger charge is -2.03. The minimum atomic E-state index is -0.278. The number of aromatic nitrogens is 4. The minimum absolute atomic E-state index is 0.0302. The highest BCUT2D eigenvalue weighted by Crippen LogP contribution is 2.25. The second-order valence-corrected chi connectivity index (χ2v) is 7.35. The van der Waals surface area contributed by atoms with E-state index in [1.165, 1.54) is 53.5 Å². The molecule has 28 heavy (non-hydrogen) atoms. The van der Waals surface area contributed by atoms with Gasteiger partial charge in [0.2, 0.25) is 11.7 Å². The Morgan fingerprint density at radius 2 is 2.07 bits per heavy atom. The van der Waals surface area contributed by atoms with Crippen molar-refractivity contribution in [1.29, 1.82) is 5.26 Å². The monoisotopic (exact) mass is 394 g/mol. The van der Waals surface area contributed by atoms with Crippen molar-refractivity contribution >= 4 is 22.4 Å². The summed E-state index contributed by atoms with van der Waals surface area (Å²) >= 11 is 1.37. The van der Waals surface area contributed by atoms with Gasteiger partial charge in [0, 0.05) is 10.9 Å². The van der Waals surface area contributed by atoms with E-state index in [1.807, 2.05) is 11.4 Å². The Bertz CT molecular complexity index is 954. The van der Waals surface area contributed by atoms with E-state index < -0.39 is 0 Å². The van der Waals surface area contributed by atoms with Crippen LogP contribution in [0.5, 0.6) is 0 Å². The third-order valence-electron chi connectivity index (χ3n) is 4.35. The normalized spacial score (nSPS) is 10.6. The van der Waals surface area contributed by atoms with Crippen LogP contribution in [-0.4, -0.2) is 25.7 Å². The van der Waals surface area contributed by atoms with Crippen molar-refractivity contribution in [3.8, 4) is 17.3 Å². The van der Waals surface area contributed by atoms with Crippen molar-refractivity contribution in [2.24, 2.45) is 0 Å². The van der Waals surface area contributed by atoms with Crippen LogP contribution in [0.4, 0.5) is 5.13 Å². The molecule has 0 bridgehead atoms. The number of rotatable bonds is 9. The average Bonchev–Trinajstić information content (AvgIpc) is 3.35. The van der Waals surface area contributed by atoms with Crippen molar-refractivity contribution in [3.63, 3.8) is 0 Å². The fourth-order valence-electron chi connectivity index (χ4n) is 2.83. The number of nitrogens with zero attached hydrogens (tertiary/aromatic N) is 5. The van der Waals surface area contributed by atoms with Gasteiger partial charge in [-0.3, -0.25) is 9.36 Å². The molecular weight excluding hydrogens is 372 g/mol. The van der Waals surface area contributed by atoms with Crippen LogP contribution < -0.4 is 5.32 Å². The SMILES string of the molecule is CCCCCCc1ccc(-c2csc(NC(=O)Cn3cnnc3C#N)n2)cc1. The molecule has 0 aliphatic heterocycles. The number of benzene rings is 1. The Hall–Kier alpha value is -3.05. The summed E-state index contributed by atoms with van der Waals surface area (Å²) in [7, 11) is 0. The largest absolute Gasteiger partial charge is 0.300 e. The topological polar surface area (TPSA) is 96.5 Å². The molecule has 0 spiro atoms. The molecule has 0 saturated carbocycles. The van der Waals surface area contributed by atoms with Gasteiger partial charge in [-0.05, 0) is 18.4 Å². The van der Waals surface area contributed by atoms with E-state index in [2.05, 4.69) is 51.7 Å². The average molecular weight is 395 g/mol. The molecule has 3 rings (SSSR count). The number of thiazole rings is 1. The van der Waals surface area contributed by atoms with Gasteiger partial charge in [-0.25, -0.2) is 4.98 Å². The Morgan fingerprint density at radius 3 is 2.82 bits per heavy atom. The summed E-state index contributed by atoms with van der Waals surface area (Å²) in [5, 5.41) is 21.4. The van der Waals surface area contributed by atoms with Gasteiger partial charge in [-0.2, -0.15) is 5.26 Å². The van der Waals surface area contributed by atoms with Crippen molar-refractivity contribution in [2.45, 2.75) is 45.6 Å². The number of hydrogen-bond donors (Lipinski definition) is 1. The van der Waals surface area contributed by atoms with Gasteiger partial charge < -0.3 is 5.32 Å². The molecular formula is C20H22N6OS. The smallest absolute Gasteiger partial charge is 0.246 e. The number of aryl methyl sites for hydroxylation is 1. The molecule has 1 aromatic carbocycles. The Labute approximate surface area is 168 Å². The Balaban J connectivity index is 1.56. The highest BCUT2D eigenvalue weighted by Gasteiger charge is 2.11. The maximum absolute atomic E-state index is 12.2. The summed E-state index contributed by atoms with van der Waals surface area (Å²) in [6.07, 6.45) is 7.50. The fraction of sp³-hybridized carbons (Fsp3) is 0.350. The van der Waals surface area contributed by atoms with E-state index in [9.17, 15) is 4.79 Å². The number of unbranched alkanes of at least 4 members (excludes halogenated alkanes) is 3. The summed E-state index contributed by atoms with van der Waals surface area (Å²) in [6, 6.07) is 10.3. The van der Waals surface area contributed by atoms with Gasteiger partial charge in [0.1, 0.15) is 18.9 Å². The highest BCUT2D eigenvalue weighted by atomic mass is 32.1. The first-order chi connectivity index (χ1) is 13.7. The Kier molecular flexibility index (Phi) is 6.87. The molecule has 8 heteroatoms. The molecule has 0 saturated heterocycles. The van der Waals surface area contributed by atoms with E-state index in [1.54, 1.807) is 0 Å². The first-order valence-corrected chi connectivity index (χ1v) is 10.2. The zero-order valence-electron chi connectivity index (χ0n) is 15.8. The van der Waals surface area contributed by atoms with Crippen LogP contribution in [0.25, 0.3) is 11.3 Å². The van der Waals surface area contributed by atoms with Gasteiger partial charge in [0.15, 0.2) is 5.13 Å². The minimum Gasteiger partial charge on any atom is -0.300 e. The number of hydrogen-bond acceptors (Lipinski definition) is 6. The molecule has 0 atom stereocenters. The molecule has 3 aromatic rings. The number of nitrogens with one attached hydrogen (secondary N) is 1. The predicted molar refractivity (Wildman–Crippen MR) is 109 cm³/mol. The predicted octanol–water partition coefficient (Wildman–Crippen LogP) is 4.03. The molecule has 144 valence electrons. The molecule has 0 unspecified atom stereocenters. The van der Waals surface area contributed by atoms with Crippen LogP contribution in [0.2, 0.25) is 0 Å². The molecule has 0 radical (unpaired) electrons. The third-order valence-corrected chi connectivity index (χ3v) is 5.11. The van der Waals surface area contributed by atoms with Crippen molar-refractivity contribution in [1.82, 2.24) is 19.7 Å². The van der Waals surface area contributed by atoms with Crippen LogP contribution in [-0.2, 0) is 17.8 Å². The van der Waals surface area contributed by atoms with E-state index >= 15 is 0 Å². The van der Waals surface area contributed by atoms with Gasteiger partial charge >= 0.3 is 0 Å². The molecule has 2 aromatic heterocycles. The maximum atomic E-state index is 12.2. The lowest BCUT2D eigenvalue weighted by atomic mass is 10.0. The molecule has 0 aliphatic carbocycles. The zero-order chi connectivity index (χ0) is 19.8. The summed E-state index contributed by atoms with van der Waals surface area (Å²) < 4.78 is 1.39. The van der Waals surface area contributed by atoms with Crippen LogP contribution in [0, 0.1) is 11.3 Å². The quantitative estimate of drug-likeness (QED) is 0.553. The van der Waals surface area contributed by atoms with Crippen LogP contribution in [0.3, 0.4) is 0 Å². The van der Waals surface area contributed by atoms with Gasteiger partial charge in [0.25, 0.3) is 0 Å². The number of carbonyl (C=O) groups excluding carboxylic acids is 1. The van der Waals surface area contributed by atoms with Gasteiger partial charge in [-0.1, -0.05) is 50.5 Å². The third kappa shape index (κ3) is 5.24. The van der Waals surface area contributed by atoms with E-state index in [0.717, 1.165) is 17.7 Å². The van der Waals surface area contributed by atoms with E-state index in [-0.39, 0.29) is 18.3 Å². The fourth-order valence-corrected chi connectivity index (χ4v) is 3.57. The lowest BCUT2D eigenvalue weighted by Crippen LogP contribution is -2.19. The van der Waals surface area contributed by atoms with Crippen molar-refractivity contribution in [2.75, 3.05) is 5.32 Å². The summed E-state index contributed by atoms with van der Waals surface area (Å²) in [5.41, 5.74) is 3.20. The number of nitriles is 1. The Morgan fingerprint density at radius 1 is 1.25 bits per heavy atom. The van der Waals surface area contributed by atoms with Crippen molar-refractivity contribution < 1.29 is 4.79 Å². The summed E-state index contributed by atoms with van der Waals surface area (Å²) in [6.45, 7) is 2.19. The summed E-state index contributed by atoms with van der Waals surface area (Å²) in [5.74, 6) is -0.176. The first-order valence-electron chi connectivity index (χ1n) is 9.32. The van der Waals surface area contributed by atoms with E-state index in [4.69, 9.17) is 5.26 Å². The molecule has 2 heterocycles. The standard InChI is InChI=1S/C20H22N6OS/c1-2-3-4-5-6-15-7-9-16(10-8-15)17-13-28-20(23-17)24-19(27)12-26-14-22-25-18(26)11-21/h7-10,13-14H,2-6,12H2,1H3,(H,23,24,27). The number of amides is 1. The molecule has 0 aliphatic rings. The van der Waals surface area contributed by atoms with Crippen LogP contribution in [0.15, 0.2) is 36.0 Å². The van der Waals surface area contributed by atoms with Crippen molar-refractivity contribution in [3.05, 3.63) is 47.4 Å². The highest BCUT2D eigenvalue weighted by molar-refractivity contribution is 7.14. The lowest BCUT2D eigenvalue weighted by molar-refractivity contribution is -0.116. The second-order valence-electron chi connectivity index (χ2n) is 6.49. The van der Waals surface area contributed by atoms with Gasteiger partial charge in [0.05, 0.1) is 5.69 Å². The molecule has 7 nitrogen and oxygen atoms in total.